The van der Waals surface area contributed by atoms with Crippen molar-refractivity contribution in [3.63, 3.8) is 0 Å². The Morgan fingerprint density at radius 2 is 1.74 bits per heavy atom. The molecule has 39 heavy (non-hydrogen) atoms. The number of carbonyl (C=O) groups is 2. The lowest BCUT2D eigenvalue weighted by atomic mass is 10.0. The molecule has 0 fully saturated rings. The highest BCUT2D eigenvalue weighted by molar-refractivity contribution is 7.80. The first-order valence-corrected chi connectivity index (χ1v) is 13.3. The smallest absolute Gasteiger partial charge is 0.326 e. The molecule has 3 N–H and O–H groups in total. The van der Waals surface area contributed by atoms with Crippen molar-refractivity contribution < 1.29 is 14.7 Å². The van der Waals surface area contributed by atoms with Crippen molar-refractivity contribution in [1.29, 1.82) is 0 Å². The summed E-state index contributed by atoms with van der Waals surface area (Å²) < 4.78 is -2.15. The van der Waals surface area contributed by atoms with E-state index in [0.29, 0.717) is 11.2 Å². The number of hydrogen-bond donors (Lipinski definition) is 3. The van der Waals surface area contributed by atoms with Gasteiger partial charge in [-0.3, -0.25) is 9.78 Å². The summed E-state index contributed by atoms with van der Waals surface area (Å²) in [6, 6.07) is 17.1. The van der Waals surface area contributed by atoms with E-state index in [1.54, 1.807) is 24.4 Å². The van der Waals surface area contributed by atoms with Gasteiger partial charge in [0.1, 0.15) is 6.04 Å². The summed E-state index contributed by atoms with van der Waals surface area (Å²) in [5, 5.41) is 16.7. The van der Waals surface area contributed by atoms with Crippen LogP contribution >= 0.6 is 60.5 Å². The highest BCUT2D eigenvalue weighted by Gasteiger charge is 2.44. The molecule has 2 aromatic carbocycles. The summed E-state index contributed by atoms with van der Waals surface area (Å²) in [5.74, 6) is -1.84. The van der Waals surface area contributed by atoms with E-state index in [2.05, 4.69) is 15.6 Å². The van der Waals surface area contributed by atoms with Gasteiger partial charge in [0.15, 0.2) is 11.3 Å². The molecular formula is C27H29Cl3N4O3S2. The second-order valence-electron chi connectivity index (χ2n) is 8.90. The molecule has 0 aliphatic rings. The minimum absolute atomic E-state index is 0. The zero-order valence-corrected chi connectivity index (χ0v) is 25.2. The summed E-state index contributed by atoms with van der Waals surface area (Å²) >= 11 is 24.7. The number of benzene rings is 2. The molecule has 7 nitrogen and oxygen atoms in total. The average molecular weight is 628 g/mol. The first-order valence-electron chi connectivity index (χ1n) is 11.7. The number of pyridine rings is 1. The number of thiocarbonyl (C=S) groups is 1. The van der Waals surface area contributed by atoms with Gasteiger partial charge in [-0.25, -0.2) is 4.79 Å². The number of alkyl halides is 3. The van der Waals surface area contributed by atoms with Crippen molar-refractivity contribution in [2.45, 2.75) is 36.3 Å². The van der Waals surface area contributed by atoms with E-state index in [4.69, 9.17) is 47.0 Å². The molecule has 208 valence electrons. The molecule has 2 atom stereocenters. The van der Waals surface area contributed by atoms with E-state index >= 15 is 0 Å². The number of fused-ring (bicyclic) bond motifs is 1. The van der Waals surface area contributed by atoms with Gasteiger partial charge in [0.2, 0.25) is 9.70 Å². The summed E-state index contributed by atoms with van der Waals surface area (Å²) in [6.45, 7) is 3.73. The van der Waals surface area contributed by atoms with Crippen LogP contribution in [0, 0.1) is 5.92 Å². The minimum Gasteiger partial charge on any atom is -0.480 e. The Hall–Kier alpha value is -2.56. The molecule has 0 spiro atoms. The number of amides is 1. The number of para-hydroxylation sites is 1. The van der Waals surface area contributed by atoms with Gasteiger partial charge in [0, 0.05) is 17.7 Å². The molecular weight excluding hydrogens is 599 g/mol. The monoisotopic (exact) mass is 626 g/mol. The van der Waals surface area contributed by atoms with Crippen molar-refractivity contribution in [3.8, 4) is 0 Å². The molecule has 0 radical (unpaired) electrons. The van der Waals surface area contributed by atoms with Crippen LogP contribution in [0.25, 0.3) is 17.0 Å². The van der Waals surface area contributed by atoms with Crippen molar-refractivity contribution in [1.82, 2.24) is 15.2 Å². The van der Waals surface area contributed by atoms with Crippen LogP contribution in [-0.2, 0) is 9.59 Å². The quantitative estimate of drug-likeness (QED) is 0.110. The molecule has 1 amide bonds. The number of carbonyl (C=O) groups excluding carboxylic acids is 1. The van der Waals surface area contributed by atoms with Crippen LogP contribution in [0.2, 0.25) is 0 Å². The maximum absolute atomic E-state index is 12.9. The Labute approximate surface area is 255 Å². The number of anilines is 1. The molecule has 12 heteroatoms. The molecule has 0 saturated heterocycles. The number of hydrogen-bond acceptors (Lipinski definition) is 4. The number of nitrogens with zero attached hydrogens (tertiary/aromatic N) is 2. The number of carboxylic acid groups (broad SMARTS) is 1. The van der Waals surface area contributed by atoms with Gasteiger partial charge in [-0.2, -0.15) is 13.5 Å². The number of halogens is 3. The Kier molecular flexibility index (Phi) is 12.3. The fourth-order valence-corrected chi connectivity index (χ4v) is 4.65. The third-order valence-corrected chi connectivity index (χ3v) is 6.45. The van der Waals surface area contributed by atoms with Gasteiger partial charge in [0.05, 0.1) is 11.2 Å². The maximum atomic E-state index is 12.9. The molecule has 0 bridgehead atoms. The zero-order valence-electron chi connectivity index (χ0n) is 21.1. The standard InChI is InChI=1S/C27H27Cl3N4O3S.H2S/c1-17(2)16-21(24(36)37)34(26(38)32-20-12-6-10-19-11-7-15-31-23(19)20)25(27(28,29)30)33-22(35)14-13-18-8-4-3-5-9-18;/h3-15,17,21,25H,16H2,1-2H3,(H,32,38)(H,33,35)(H,36,37);1H2/b14-13+;/t21-,25?;/m0./s1. The van der Waals surface area contributed by atoms with Crippen molar-refractivity contribution >= 4 is 100 Å². The summed E-state index contributed by atoms with van der Waals surface area (Å²) in [5.41, 5.74) is 1.94. The van der Waals surface area contributed by atoms with Gasteiger partial charge >= 0.3 is 5.97 Å². The molecule has 3 aromatic rings. The first-order chi connectivity index (χ1) is 18.0. The molecule has 1 heterocycles. The van der Waals surface area contributed by atoms with Crippen LogP contribution in [0.3, 0.4) is 0 Å². The highest BCUT2D eigenvalue weighted by Crippen LogP contribution is 2.35. The third-order valence-electron chi connectivity index (χ3n) is 5.52. The van der Waals surface area contributed by atoms with Crippen molar-refractivity contribution in [3.05, 3.63) is 78.5 Å². The minimum atomic E-state index is -2.15. The summed E-state index contributed by atoms with van der Waals surface area (Å²) in [7, 11) is 0. The Morgan fingerprint density at radius 3 is 2.36 bits per heavy atom. The van der Waals surface area contributed by atoms with Gasteiger partial charge < -0.3 is 20.6 Å². The van der Waals surface area contributed by atoms with Gasteiger partial charge in [-0.1, -0.05) is 97.2 Å². The van der Waals surface area contributed by atoms with E-state index in [-0.39, 0.29) is 30.9 Å². The molecule has 0 saturated carbocycles. The van der Waals surface area contributed by atoms with Crippen LogP contribution < -0.4 is 10.6 Å². The number of carboxylic acids is 1. The zero-order chi connectivity index (χ0) is 27.9. The van der Waals surface area contributed by atoms with Crippen molar-refractivity contribution in [2.24, 2.45) is 5.92 Å². The Balaban J connectivity index is 0.00000533. The Bertz CT molecular complexity index is 1320. The number of nitrogens with one attached hydrogen (secondary N) is 2. The lowest BCUT2D eigenvalue weighted by molar-refractivity contribution is -0.143. The van der Waals surface area contributed by atoms with Crippen LogP contribution in [0.4, 0.5) is 5.69 Å². The molecule has 1 aromatic heterocycles. The third kappa shape index (κ3) is 9.25. The Morgan fingerprint density at radius 1 is 1.08 bits per heavy atom. The van der Waals surface area contributed by atoms with Crippen LogP contribution in [0.15, 0.2) is 72.9 Å². The molecule has 0 aliphatic heterocycles. The largest absolute Gasteiger partial charge is 0.480 e. The topological polar surface area (TPSA) is 94.6 Å². The SMILES string of the molecule is CC(C)C[C@@H](C(=O)O)N(C(=S)Nc1cccc2cccnc12)C(NC(=O)/C=C/c1ccccc1)C(Cl)(Cl)Cl.S. The number of aromatic nitrogens is 1. The predicted octanol–water partition coefficient (Wildman–Crippen LogP) is 6.37. The highest BCUT2D eigenvalue weighted by atomic mass is 35.6. The van der Waals surface area contributed by atoms with E-state index in [1.807, 2.05) is 62.4 Å². The normalized spacial score (nSPS) is 13.0. The molecule has 1 unspecified atom stereocenters. The predicted molar refractivity (Wildman–Crippen MR) is 169 cm³/mol. The second-order valence-corrected chi connectivity index (χ2v) is 11.7. The van der Waals surface area contributed by atoms with Crippen LogP contribution in [0.5, 0.6) is 0 Å². The molecule has 3 rings (SSSR count). The number of rotatable bonds is 9. The van der Waals surface area contributed by atoms with Gasteiger partial charge in [-0.05, 0) is 48.3 Å². The van der Waals surface area contributed by atoms with E-state index in [9.17, 15) is 14.7 Å². The summed E-state index contributed by atoms with van der Waals surface area (Å²) in [6.07, 6.45) is 3.24. The fourth-order valence-electron chi connectivity index (χ4n) is 3.83. The number of aliphatic carboxylic acids is 1. The molecule has 0 aliphatic carbocycles. The fraction of sp³-hybridized carbons (Fsp3) is 0.259. The van der Waals surface area contributed by atoms with E-state index in [1.165, 1.54) is 11.0 Å². The van der Waals surface area contributed by atoms with E-state index in [0.717, 1.165) is 10.9 Å². The van der Waals surface area contributed by atoms with Gasteiger partial charge in [0.25, 0.3) is 0 Å². The maximum Gasteiger partial charge on any atom is 0.326 e. The van der Waals surface area contributed by atoms with Crippen LogP contribution in [0.1, 0.15) is 25.8 Å². The summed E-state index contributed by atoms with van der Waals surface area (Å²) in [4.78, 5) is 31.0. The van der Waals surface area contributed by atoms with Crippen LogP contribution in [-0.4, -0.2) is 48.0 Å². The average Bonchev–Trinajstić information content (AvgIpc) is 2.86. The second kappa shape index (κ2) is 14.7. The van der Waals surface area contributed by atoms with E-state index < -0.39 is 27.9 Å². The first kappa shape index (κ1) is 32.7. The van der Waals surface area contributed by atoms with Crippen molar-refractivity contribution in [2.75, 3.05) is 5.32 Å². The van der Waals surface area contributed by atoms with Gasteiger partial charge in [-0.15, -0.1) is 0 Å². The lowest BCUT2D eigenvalue weighted by Gasteiger charge is -2.41. The lowest BCUT2D eigenvalue weighted by Crippen LogP contribution is -2.63.